The topological polar surface area (TPSA) is 42.3 Å². The van der Waals surface area contributed by atoms with Gasteiger partial charge in [-0.1, -0.05) is 108 Å². The fourth-order valence-corrected chi connectivity index (χ4v) is 8.13. The third-order valence-corrected chi connectivity index (χ3v) is 9.68. The smallest absolute Gasteiger partial charge is 0.207 e. The van der Waals surface area contributed by atoms with E-state index >= 15 is 0 Å². The molecule has 40 heavy (non-hydrogen) atoms. The van der Waals surface area contributed by atoms with E-state index in [0.29, 0.717) is 0 Å². The average molecular weight is 593 g/mol. The molecular formula is C33H60N4OS2. The molecule has 0 saturated carbocycles. The number of para-hydroxylation sites is 1. The van der Waals surface area contributed by atoms with Crippen LogP contribution in [0.2, 0.25) is 0 Å². The normalized spacial score (nSPS) is 18.7. The predicted molar refractivity (Wildman–Crippen MR) is 181 cm³/mol. The predicted octanol–water partition coefficient (Wildman–Crippen LogP) is 10.2. The summed E-state index contributed by atoms with van der Waals surface area (Å²) in [7, 11) is 0. The Morgan fingerprint density at radius 3 is 1.80 bits per heavy atom. The van der Waals surface area contributed by atoms with Gasteiger partial charge in [0, 0.05) is 16.8 Å². The second-order valence-corrected chi connectivity index (χ2v) is 15.4. The summed E-state index contributed by atoms with van der Waals surface area (Å²) in [5.74, 6) is 2.17. The van der Waals surface area contributed by atoms with Crippen LogP contribution in [-0.2, 0) is 0 Å². The number of aliphatic imine (C=N–C) groups is 1. The number of hydroxylamine groups is 1. The second-order valence-electron chi connectivity index (χ2n) is 13.1. The highest BCUT2D eigenvalue weighted by molar-refractivity contribution is 8.13. The van der Waals surface area contributed by atoms with Crippen molar-refractivity contribution in [3.63, 3.8) is 0 Å². The van der Waals surface area contributed by atoms with Gasteiger partial charge in [0.2, 0.25) is 6.29 Å². The summed E-state index contributed by atoms with van der Waals surface area (Å²) in [6.07, 6.45) is 15.1. The number of hydrogen-bond donors (Lipinski definition) is 1. The third kappa shape index (κ3) is 11.4. The molecule has 2 atom stereocenters. The Balaban J connectivity index is 2.35. The molecule has 1 N–H and O–H groups in total. The van der Waals surface area contributed by atoms with Crippen molar-refractivity contribution in [2.75, 3.05) is 16.6 Å². The van der Waals surface area contributed by atoms with Crippen molar-refractivity contribution in [3.8, 4) is 0 Å². The van der Waals surface area contributed by atoms with Crippen molar-refractivity contribution in [1.29, 1.82) is 0 Å². The van der Waals surface area contributed by atoms with Crippen LogP contribution in [0.3, 0.4) is 0 Å². The minimum atomic E-state index is -0.491. The van der Waals surface area contributed by atoms with Crippen LogP contribution >= 0.6 is 23.5 Å². The highest BCUT2D eigenvalue weighted by Gasteiger charge is 2.48. The van der Waals surface area contributed by atoms with Crippen LogP contribution in [0.25, 0.3) is 0 Å². The zero-order chi connectivity index (χ0) is 29.6. The molecule has 1 aromatic carbocycles. The lowest BCUT2D eigenvalue weighted by Gasteiger charge is -2.56. The van der Waals surface area contributed by atoms with Crippen LogP contribution in [0.4, 0.5) is 5.69 Å². The maximum Gasteiger partial charge on any atom is 0.207 e. The Labute approximate surface area is 255 Å². The number of benzene rings is 1. The molecule has 2 unspecified atom stereocenters. The lowest BCUT2D eigenvalue weighted by molar-refractivity contribution is -0.0388. The fraction of sp³-hybridized carbons (Fsp3) is 0.788. The van der Waals surface area contributed by atoms with Gasteiger partial charge in [0.05, 0.1) is 5.69 Å². The molecule has 0 aliphatic carbocycles. The zero-order valence-corrected chi connectivity index (χ0v) is 28.6. The minimum absolute atomic E-state index is 0.0727. The molecule has 0 amide bonds. The lowest BCUT2D eigenvalue weighted by Crippen LogP contribution is -2.68. The van der Waals surface area contributed by atoms with Gasteiger partial charge < -0.3 is 4.90 Å². The van der Waals surface area contributed by atoms with E-state index in [4.69, 9.17) is 4.99 Å². The Kier molecular flexibility index (Phi) is 15.8. The van der Waals surface area contributed by atoms with Gasteiger partial charge in [-0.05, 0) is 72.3 Å². The van der Waals surface area contributed by atoms with Crippen molar-refractivity contribution >= 4 is 34.4 Å². The molecule has 0 fully saturated rings. The first-order valence-electron chi connectivity index (χ1n) is 16.0. The van der Waals surface area contributed by atoms with Crippen molar-refractivity contribution in [2.24, 2.45) is 4.99 Å². The molecule has 230 valence electrons. The van der Waals surface area contributed by atoms with E-state index in [1.807, 2.05) is 53.9 Å². The van der Waals surface area contributed by atoms with Gasteiger partial charge in [0.25, 0.3) is 0 Å². The van der Waals surface area contributed by atoms with Crippen LogP contribution in [0.15, 0.2) is 35.3 Å². The van der Waals surface area contributed by atoms with Gasteiger partial charge in [-0.15, -0.1) is 11.8 Å². The molecule has 0 spiro atoms. The van der Waals surface area contributed by atoms with E-state index in [1.165, 1.54) is 82.1 Å². The van der Waals surface area contributed by atoms with Crippen molar-refractivity contribution in [2.45, 2.75) is 155 Å². The van der Waals surface area contributed by atoms with E-state index in [1.54, 1.807) is 0 Å². The molecule has 1 aliphatic rings. The van der Waals surface area contributed by atoms with Crippen molar-refractivity contribution < 1.29 is 5.21 Å². The minimum Gasteiger partial charge on any atom is -0.321 e. The molecule has 0 saturated heterocycles. The lowest BCUT2D eigenvalue weighted by atomic mass is 10.0. The summed E-state index contributed by atoms with van der Waals surface area (Å²) < 4.78 is 0. The number of nitrogens with zero attached hydrogens (tertiary/aromatic N) is 4. The van der Waals surface area contributed by atoms with Gasteiger partial charge in [-0.3, -0.25) is 5.21 Å². The van der Waals surface area contributed by atoms with E-state index in [2.05, 4.69) is 65.2 Å². The van der Waals surface area contributed by atoms with Crippen molar-refractivity contribution in [1.82, 2.24) is 9.80 Å². The zero-order valence-electron chi connectivity index (χ0n) is 27.0. The second kappa shape index (κ2) is 17.9. The molecule has 7 heteroatoms. The molecule has 1 heterocycles. The summed E-state index contributed by atoms with van der Waals surface area (Å²) in [6.45, 7) is 18.2. The molecule has 2 rings (SSSR count). The standard InChI is InChI=1S/C33H60N4OS2/c1-9-11-13-15-17-22-26-39-30-34-29(37(38)28-24-20-19-21-25-28)35(32(3,4)5)31(36(30)33(6,7)8)40-27-23-18-16-14-12-10-2/h19-21,24-25,29,31,38H,9-18,22-23,26-27H2,1-8H3. The summed E-state index contributed by atoms with van der Waals surface area (Å²) in [5.41, 5.74) is 0.535. The van der Waals surface area contributed by atoms with Gasteiger partial charge in [0.1, 0.15) is 5.50 Å². The average Bonchev–Trinajstić information content (AvgIpc) is 2.90. The first-order chi connectivity index (χ1) is 19.0. The first kappa shape index (κ1) is 35.3. The van der Waals surface area contributed by atoms with E-state index in [9.17, 15) is 5.21 Å². The number of anilines is 1. The Morgan fingerprint density at radius 1 is 0.750 bits per heavy atom. The highest BCUT2D eigenvalue weighted by Crippen LogP contribution is 2.41. The van der Waals surface area contributed by atoms with Crippen LogP contribution in [0.5, 0.6) is 0 Å². The summed E-state index contributed by atoms with van der Waals surface area (Å²) in [4.78, 5) is 10.3. The van der Waals surface area contributed by atoms with E-state index in [0.717, 1.165) is 22.4 Å². The Bertz CT molecular complexity index is 837. The molecular weight excluding hydrogens is 533 g/mol. The summed E-state index contributed by atoms with van der Waals surface area (Å²) in [6, 6.07) is 9.88. The highest BCUT2D eigenvalue weighted by atomic mass is 32.2. The van der Waals surface area contributed by atoms with E-state index < -0.39 is 6.29 Å². The quantitative estimate of drug-likeness (QED) is 0.143. The van der Waals surface area contributed by atoms with Crippen molar-refractivity contribution in [3.05, 3.63) is 30.3 Å². The van der Waals surface area contributed by atoms with E-state index in [-0.39, 0.29) is 16.6 Å². The van der Waals surface area contributed by atoms with Gasteiger partial charge in [-0.2, -0.15) is 0 Å². The van der Waals surface area contributed by atoms with Crippen LogP contribution in [-0.4, -0.2) is 54.5 Å². The van der Waals surface area contributed by atoms with Crippen LogP contribution in [0.1, 0.15) is 132 Å². The maximum atomic E-state index is 11.6. The number of unbranched alkanes of at least 4 members (excludes halogenated alkanes) is 10. The number of amidine groups is 1. The fourth-order valence-electron chi connectivity index (χ4n) is 5.12. The summed E-state index contributed by atoms with van der Waals surface area (Å²) in [5, 5.41) is 14.1. The van der Waals surface area contributed by atoms with Crippen LogP contribution < -0.4 is 5.06 Å². The molecule has 0 bridgehead atoms. The van der Waals surface area contributed by atoms with Gasteiger partial charge in [0.15, 0.2) is 5.17 Å². The number of thioether (sulfide) groups is 2. The summed E-state index contributed by atoms with van der Waals surface area (Å²) >= 11 is 3.90. The third-order valence-electron chi connectivity index (χ3n) is 7.37. The maximum absolute atomic E-state index is 11.6. The molecule has 0 aromatic heterocycles. The Morgan fingerprint density at radius 2 is 1.27 bits per heavy atom. The Hall–Kier alpha value is -0.890. The van der Waals surface area contributed by atoms with Gasteiger partial charge >= 0.3 is 0 Å². The molecule has 5 nitrogen and oxygen atoms in total. The van der Waals surface area contributed by atoms with Gasteiger partial charge in [-0.25, -0.2) is 15.0 Å². The monoisotopic (exact) mass is 592 g/mol. The largest absolute Gasteiger partial charge is 0.321 e. The molecule has 1 aliphatic heterocycles. The molecule has 0 radical (unpaired) electrons. The number of rotatable bonds is 17. The first-order valence-corrected chi connectivity index (χ1v) is 18.0. The van der Waals surface area contributed by atoms with Crippen LogP contribution in [0, 0.1) is 0 Å². The number of hydrogen-bond acceptors (Lipinski definition) is 7. The molecule has 1 aromatic rings. The SMILES string of the molecule is CCCCCCCCSC1=NC(N(O)c2ccccc2)N(C(C)(C)C)C(SCCCCCCCC)N1C(C)(C)C.